The van der Waals surface area contributed by atoms with Crippen LogP contribution < -0.4 is 0 Å². The average Bonchev–Trinajstić information content (AvgIpc) is 3.21. The molecule has 8 nitrogen and oxygen atoms in total. The molecule has 0 aromatic carbocycles. The number of hydrogen-bond acceptors (Lipinski definition) is 5. The zero-order valence-electron chi connectivity index (χ0n) is 14.2. The summed E-state index contributed by atoms with van der Waals surface area (Å²) in [6.45, 7) is 2.81. The highest BCUT2D eigenvalue weighted by molar-refractivity contribution is 7.89. The maximum atomic E-state index is 12.8. The Kier molecular flexibility index (Phi) is 3.84. The van der Waals surface area contributed by atoms with Crippen LogP contribution in [-0.4, -0.2) is 50.0 Å². The third-order valence-electron chi connectivity index (χ3n) is 5.00. The van der Waals surface area contributed by atoms with Gasteiger partial charge in [0.25, 0.3) is 10.0 Å². The van der Waals surface area contributed by atoms with Gasteiger partial charge in [-0.25, -0.2) is 22.9 Å². The van der Waals surface area contributed by atoms with Crippen molar-refractivity contribution < 1.29 is 8.42 Å². The number of fused-ring (bicyclic) bond motifs is 1. The van der Waals surface area contributed by atoms with E-state index in [4.69, 9.17) is 0 Å². The number of aromatic nitrogens is 5. The Morgan fingerprint density at radius 3 is 2.60 bits per heavy atom. The molecule has 132 valence electrons. The second-order valence-corrected chi connectivity index (χ2v) is 8.29. The van der Waals surface area contributed by atoms with Gasteiger partial charge in [0, 0.05) is 26.3 Å². The number of piperidine rings is 1. The van der Waals surface area contributed by atoms with E-state index in [-0.39, 0.29) is 5.03 Å². The van der Waals surface area contributed by atoms with Gasteiger partial charge in [-0.1, -0.05) is 6.07 Å². The molecule has 0 amide bonds. The van der Waals surface area contributed by atoms with Crippen molar-refractivity contribution in [3.63, 3.8) is 0 Å². The summed E-state index contributed by atoms with van der Waals surface area (Å²) in [6.07, 6.45) is 6.54. The van der Waals surface area contributed by atoms with Gasteiger partial charge < -0.3 is 4.57 Å². The number of aryl methyl sites for hydroxylation is 1. The third-order valence-corrected chi connectivity index (χ3v) is 6.96. The van der Waals surface area contributed by atoms with Crippen molar-refractivity contribution in [1.82, 2.24) is 28.5 Å². The van der Waals surface area contributed by atoms with Gasteiger partial charge >= 0.3 is 0 Å². The molecule has 1 saturated heterocycles. The Balaban J connectivity index is 1.52. The summed E-state index contributed by atoms with van der Waals surface area (Å²) in [6, 6.07) is 4.01. The van der Waals surface area contributed by atoms with Crippen LogP contribution in [0.5, 0.6) is 0 Å². The van der Waals surface area contributed by atoms with Crippen LogP contribution in [0, 0.1) is 6.92 Å². The van der Waals surface area contributed by atoms with Crippen LogP contribution in [-0.2, 0) is 17.1 Å². The first kappa shape index (κ1) is 16.2. The first-order valence-corrected chi connectivity index (χ1v) is 9.68. The standard InChI is InChI=1S/C16H20N6O2S/c1-12-17-9-16(20(12)2)25(23,24)21-7-5-13(6-8-21)14-3-4-15-18-11-19-22(15)10-14/h3-4,9-11,13H,5-8H2,1-2H3. The lowest BCUT2D eigenvalue weighted by Crippen LogP contribution is -2.38. The van der Waals surface area contributed by atoms with E-state index >= 15 is 0 Å². The van der Waals surface area contributed by atoms with Gasteiger partial charge in [-0.3, -0.25) is 0 Å². The van der Waals surface area contributed by atoms with Crippen molar-refractivity contribution in [2.24, 2.45) is 7.05 Å². The van der Waals surface area contributed by atoms with E-state index in [9.17, 15) is 8.42 Å². The smallest absolute Gasteiger partial charge is 0.260 e. The van der Waals surface area contributed by atoms with Gasteiger partial charge in [0.05, 0.1) is 6.20 Å². The van der Waals surface area contributed by atoms with Crippen LogP contribution in [0.3, 0.4) is 0 Å². The molecule has 3 aromatic heterocycles. The van der Waals surface area contributed by atoms with E-state index in [0.717, 1.165) is 18.5 Å². The highest BCUT2D eigenvalue weighted by Crippen LogP contribution is 2.30. The van der Waals surface area contributed by atoms with Crippen molar-refractivity contribution in [1.29, 1.82) is 0 Å². The van der Waals surface area contributed by atoms with E-state index in [1.54, 1.807) is 27.4 Å². The lowest BCUT2D eigenvalue weighted by molar-refractivity contribution is 0.317. The van der Waals surface area contributed by atoms with Crippen LogP contribution in [0.1, 0.15) is 30.1 Å². The largest absolute Gasteiger partial charge is 0.321 e. The molecular weight excluding hydrogens is 340 g/mol. The average molecular weight is 360 g/mol. The second-order valence-electron chi connectivity index (χ2n) is 6.41. The number of sulfonamides is 1. The summed E-state index contributed by atoms with van der Waals surface area (Å²) in [4.78, 5) is 8.25. The molecule has 9 heteroatoms. The van der Waals surface area contributed by atoms with E-state index in [1.165, 1.54) is 18.1 Å². The van der Waals surface area contributed by atoms with E-state index < -0.39 is 10.0 Å². The number of hydrogen-bond donors (Lipinski definition) is 0. The summed E-state index contributed by atoms with van der Waals surface area (Å²) in [5, 5.41) is 4.43. The maximum absolute atomic E-state index is 12.8. The summed E-state index contributed by atoms with van der Waals surface area (Å²) in [5.41, 5.74) is 1.99. The molecule has 0 N–H and O–H groups in total. The third kappa shape index (κ3) is 2.73. The van der Waals surface area contributed by atoms with Crippen molar-refractivity contribution in [3.05, 3.63) is 42.2 Å². The maximum Gasteiger partial charge on any atom is 0.260 e. The predicted octanol–water partition coefficient (Wildman–Crippen LogP) is 1.34. The molecule has 0 unspecified atom stereocenters. The molecule has 1 fully saturated rings. The zero-order valence-corrected chi connectivity index (χ0v) is 15.0. The van der Waals surface area contributed by atoms with Crippen LogP contribution in [0.4, 0.5) is 0 Å². The van der Waals surface area contributed by atoms with Crippen molar-refractivity contribution in [2.75, 3.05) is 13.1 Å². The SMILES string of the molecule is Cc1ncc(S(=O)(=O)N2CCC(c3ccc4ncnn4c3)CC2)n1C. The second kappa shape index (κ2) is 5.92. The minimum absolute atomic E-state index is 0.257. The minimum Gasteiger partial charge on any atom is -0.321 e. The first-order valence-electron chi connectivity index (χ1n) is 8.24. The molecule has 4 rings (SSSR count). The quantitative estimate of drug-likeness (QED) is 0.704. The van der Waals surface area contributed by atoms with Gasteiger partial charge in [0.1, 0.15) is 12.2 Å². The van der Waals surface area contributed by atoms with E-state index in [1.807, 2.05) is 12.3 Å². The van der Waals surface area contributed by atoms with Crippen molar-refractivity contribution >= 4 is 15.7 Å². The normalized spacial score (nSPS) is 17.4. The molecule has 25 heavy (non-hydrogen) atoms. The molecule has 4 heterocycles. The van der Waals surface area contributed by atoms with Gasteiger partial charge in [0.2, 0.25) is 0 Å². The lowest BCUT2D eigenvalue weighted by atomic mass is 9.91. The zero-order chi connectivity index (χ0) is 17.6. The molecular formula is C16H20N6O2S. The topological polar surface area (TPSA) is 85.4 Å². The molecule has 0 radical (unpaired) electrons. The van der Waals surface area contributed by atoms with Gasteiger partial charge in [-0.2, -0.15) is 9.40 Å². The van der Waals surface area contributed by atoms with E-state index in [2.05, 4.69) is 21.1 Å². The molecule has 3 aromatic rings. The fraction of sp³-hybridized carbons (Fsp3) is 0.438. The molecule has 0 saturated carbocycles. The van der Waals surface area contributed by atoms with Crippen molar-refractivity contribution in [3.8, 4) is 0 Å². The summed E-state index contributed by atoms with van der Waals surface area (Å²) >= 11 is 0. The monoisotopic (exact) mass is 360 g/mol. The summed E-state index contributed by atoms with van der Waals surface area (Å²) < 4.78 is 30.6. The van der Waals surface area contributed by atoms with Crippen LogP contribution in [0.25, 0.3) is 5.65 Å². The molecule has 0 bridgehead atoms. The molecule has 1 aliphatic heterocycles. The van der Waals surface area contributed by atoms with Gasteiger partial charge in [-0.15, -0.1) is 0 Å². The first-order chi connectivity index (χ1) is 12.0. The molecule has 0 atom stereocenters. The highest BCUT2D eigenvalue weighted by atomic mass is 32.2. The summed E-state index contributed by atoms with van der Waals surface area (Å²) in [5.74, 6) is 1.02. The van der Waals surface area contributed by atoms with Gasteiger partial charge in [0.15, 0.2) is 10.7 Å². The number of imidazole rings is 1. The fourth-order valence-electron chi connectivity index (χ4n) is 3.36. The Labute approximate surface area is 146 Å². The fourth-order valence-corrected chi connectivity index (χ4v) is 4.98. The Morgan fingerprint density at radius 2 is 1.92 bits per heavy atom. The predicted molar refractivity (Wildman–Crippen MR) is 91.7 cm³/mol. The Bertz CT molecular complexity index is 1010. The van der Waals surface area contributed by atoms with E-state index in [0.29, 0.717) is 24.8 Å². The number of pyridine rings is 1. The molecule has 0 spiro atoms. The summed E-state index contributed by atoms with van der Waals surface area (Å²) in [7, 11) is -1.77. The molecule has 0 aliphatic carbocycles. The number of nitrogens with zero attached hydrogens (tertiary/aromatic N) is 6. The van der Waals surface area contributed by atoms with Crippen LogP contribution >= 0.6 is 0 Å². The Morgan fingerprint density at radius 1 is 1.16 bits per heavy atom. The van der Waals surface area contributed by atoms with Gasteiger partial charge in [-0.05, 0) is 37.3 Å². The lowest BCUT2D eigenvalue weighted by Gasteiger charge is -2.31. The van der Waals surface area contributed by atoms with Crippen molar-refractivity contribution in [2.45, 2.75) is 30.7 Å². The Hall–Kier alpha value is -2.26. The molecule has 1 aliphatic rings. The minimum atomic E-state index is -3.50. The van der Waals surface area contributed by atoms with Crippen LogP contribution in [0.15, 0.2) is 35.9 Å². The number of rotatable bonds is 3. The highest BCUT2D eigenvalue weighted by Gasteiger charge is 2.32. The van der Waals surface area contributed by atoms with Crippen LogP contribution in [0.2, 0.25) is 0 Å².